The van der Waals surface area contributed by atoms with Crippen molar-refractivity contribution in [2.24, 2.45) is 0 Å². The number of aliphatic hydroxyl groups is 3. The summed E-state index contributed by atoms with van der Waals surface area (Å²) in [6, 6.07) is 0. The second kappa shape index (κ2) is 6.39. The second-order valence-electron chi connectivity index (χ2n) is 5.45. The Hall–Kier alpha value is -1.31. The summed E-state index contributed by atoms with van der Waals surface area (Å²) in [5.74, 6) is -1.46. The van der Waals surface area contributed by atoms with Crippen molar-refractivity contribution in [2.45, 2.75) is 35.3 Å². The minimum atomic E-state index is -4.19. The molecule has 0 unspecified atom stereocenters. The van der Waals surface area contributed by atoms with Crippen molar-refractivity contribution in [3.8, 4) is 0 Å². The summed E-state index contributed by atoms with van der Waals surface area (Å²) in [5.41, 5.74) is -1.85. The van der Waals surface area contributed by atoms with Crippen LogP contribution >= 0.6 is 23.2 Å². The predicted molar refractivity (Wildman–Crippen MR) is 77.8 cm³/mol. The molecule has 1 aliphatic rings. The van der Waals surface area contributed by atoms with E-state index in [0.29, 0.717) is 4.68 Å². The van der Waals surface area contributed by atoms with E-state index in [1.54, 1.807) is 0 Å². The third-order valence-electron chi connectivity index (χ3n) is 3.73. The third-order valence-corrected chi connectivity index (χ3v) is 4.08. The minimum absolute atomic E-state index is 0.493. The Kier molecular flexibility index (Phi) is 4.78. The molecule has 4 atom stereocenters. The van der Waals surface area contributed by atoms with E-state index in [4.69, 9.17) is 33.0 Å². The summed E-state index contributed by atoms with van der Waals surface area (Å²) >= 11 is 9.75. The summed E-state index contributed by atoms with van der Waals surface area (Å²) in [6.45, 7) is -0.668. The van der Waals surface area contributed by atoms with Gasteiger partial charge in [-0.3, -0.25) is 0 Å². The number of fused-ring (bicyclic) bond motifs is 1. The van der Waals surface area contributed by atoms with E-state index in [-0.39, 0.29) is 0 Å². The van der Waals surface area contributed by atoms with Crippen molar-refractivity contribution in [2.75, 3.05) is 6.61 Å². The van der Waals surface area contributed by atoms with Gasteiger partial charge in [0.25, 0.3) is 0 Å². The number of nitrogens with zero attached hydrogens (tertiary/aromatic N) is 4. The normalized spacial score (nSPS) is 27.4. The molecule has 3 N–H and O–H groups in total. The van der Waals surface area contributed by atoms with E-state index in [1.807, 2.05) is 0 Å². The standard InChI is InChI=1S/C12H10Cl2F4N4O4/c13-11(15,16)7-3-1-19-22(8(3)21-10(20-7)12(14,17)18)9-6(25)5(24)4(2-23)26-9/h1,4-6,9,23-25H,2H2/t4-,5-,6-,9-/m1/s1. The van der Waals surface area contributed by atoms with Gasteiger partial charge in [-0.2, -0.15) is 22.7 Å². The van der Waals surface area contributed by atoms with Crippen LogP contribution in [-0.2, 0) is 15.5 Å². The molecule has 1 aliphatic heterocycles. The van der Waals surface area contributed by atoms with Crippen LogP contribution in [0.1, 0.15) is 17.7 Å². The Morgan fingerprint density at radius 3 is 2.27 bits per heavy atom. The van der Waals surface area contributed by atoms with E-state index in [1.165, 1.54) is 0 Å². The molecule has 0 aromatic carbocycles. The van der Waals surface area contributed by atoms with Gasteiger partial charge in [0, 0.05) is 0 Å². The van der Waals surface area contributed by atoms with Gasteiger partial charge in [-0.15, -0.1) is 0 Å². The van der Waals surface area contributed by atoms with Gasteiger partial charge in [0.2, 0.25) is 5.82 Å². The Morgan fingerprint density at radius 1 is 1.12 bits per heavy atom. The smallest absolute Gasteiger partial charge is 0.381 e. The number of halogens is 6. The number of aromatic nitrogens is 4. The fourth-order valence-electron chi connectivity index (χ4n) is 2.54. The lowest BCUT2D eigenvalue weighted by molar-refractivity contribution is -0.0567. The number of alkyl halides is 6. The third kappa shape index (κ3) is 3.21. The quantitative estimate of drug-likeness (QED) is 0.499. The van der Waals surface area contributed by atoms with Crippen molar-refractivity contribution < 1.29 is 37.6 Å². The Balaban J connectivity index is 2.20. The molecule has 26 heavy (non-hydrogen) atoms. The summed E-state index contributed by atoms with van der Waals surface area (Å²) in [6.07, 6.45) is -5.08. The van der Waals surface area contributed by atoms with Crippen LogP contribution in [-0.4, -0.2) is 60.0 Å². The lowest BCUT2D eigenvalue weighted by atomic mass is 10.1. The van der Waals surface area contributed by atoms with Crippen molar-refractivity contribution in [1.29, 1.82) is 0 Å². The van der Waals surface area contributed by atoms with Gasteiger partial charge >= 0.3 is 10.8 Å². The van der Waals surface area contributed by atoms with Crippen molar-refractivity contribution in [3.05, 3.63) is 17.7 Å². The van der Waals surface area contributed by atoms with Gasteiger partial charge in [0.05, 0.1) is 18.2 Å². The van der Waals surface area contributed by atoms with Crippen LogP contribution in [0.15, 0.2) is 6.20 Å². The van der Waals surface area contributed by atoms with Crippen LogP contribution in [0.3, 0.4) is 0 Å². The first kappa shape index (κ1) is 19.5. The van der Waals surface area contributed by atoms with Gasteiger partial charge in [-0.05, 0) is 23.2 Å². The van der Waals surface area contributed by atoms with Crippen molar-refractivity contribution >= 4 is 34.2 Å². The van der Waals surface area contributed by atoms with Gasteiger partial charge < -0.3 is 20.1 Å². The zero-order chi connectivity index (χ0) is 19.4. The number of hydrogen-bond acceptors (Lipinski definition) is 7. The van der Waals surface area contributed by atoms with E-state index in [0.717, 1.165) is 6.20 Å². The first-order valence-corrected chi connectivity index (χ1v) is 7.73. The molecule has 2 aromatic heterocycles. The number of rotatable bonds is 4. The van der Waals surface area contributed by atoms with Gasteiger partial charge in [0.1, 0.15) is 24.0 Å². The largest absolute Gasteiger partial charge is 0.394 e. The zero-order valence-electron chi connectivity index (χ0n) is 12.4. The Bertz CT molecular complexity index is 828. The number of hydrogen-bond donors (Lipinski definition) is 3. The molecule has 0 radical (unpaired) electrons. The highest BCUT2D eigenvalue weighted by Crippen LogP contribution is 2.40. The van der Waals surface area contributed by atoms with E-state index >= 15 is 0 Å². The predicted octanol–water partition coefficient (Wildman–Crippen LogP) is 1.01. The monoisotopic (exact) mass is 420 g/mol. The SMILES string of the molecule is OC[C@H]1O[C@@H](n2ncc3c(C(F)(F)Cl)nc(C(F)(F)Cl)nc32)[C@H](O)[C@@H]1O. The van der Waals surface area contributed by atoms with Crippen molar-refractivity contribution in [1.82, 2.24) is 19.7 Å². The molecule has 3 rings (SSSR count). The van der Waals surface area contributed by atoms with Gasteiger partial charge in [-0.25, -0.2) is 14.6 Å². The summed E-state index contributed by atoms with van der Waals surface area (Å²) in [5, 5.41) is 23.7. The maximum Gasteiger partial charge on any atom is 0.381 e. The van der Waals surface area contributed by atoms with Gasteiger partial charge in [-0.1, -0.05) is 0 Å². The highest BCUT2D eigenvalue weighted by atomic mass is 35.5. The van der Waals surface area contributed by atoms with Crippen LogP contribution in [0, 0.1) is 0 Å². The number of ether oxygens (including phenoxy) is 1. The van der Waals surface area contributed by atoms with Crippen LogP contribution in [0.5, 0.6) is 0 Å². The Labute approximate surface area is 151 Å². The molecule has 3 heterocycles. The van der Waals surface area contributed by atoms with E-state index < -0.39 is 64.5 Å². The van der Waals surface area contributed by atoms with E-state index in [9.17, 15) is 27.8 Å². The average molecular weight is 421 g/mol. The molecule has 8 nitrogen and oxygen atoms in total. The zero-order valence-corrected chi connectivity index (χ0v) is 13.9. The summed E-state index contributed by atoms with van der Waals surface area (Å²) in [4.78, 5) is 6.44. The summed E-state index contributed by atoms with van der Waals surface area (Å²) in [7, 11) is 0. The second-order valence-corrected chi connectivity index (χ2v) is 6.40. The van der Waals surface area contributed by atoms with Crippen LogP contribution < -0.4 is 0 Å². The molecule has 0 bridgehead atoms. The topological polar surface area (TPSA) is 114 Å². The van der Waals surface area contributed by atoms with Crippen LogP contribution in [0.2, 0.25) is 0 Å². The molecule has 0 spiro atoms. The molecule has 0 saturated carbocycles. The van der Waals surface area contributed by atoms with Crippen LogP contribution in [0.25, 0.3) is 11.0 Å². The maximum absolute atomic E-state index is 13.6. The fraction of sp³-hybridized carbons (Fsp3) is 0.583. The van der Waals surface area contributed by atoms with E-state index in [2.05, 4.69) is 15.1 Å². The molecular weight excluding hydrogens is 411 g/mol. The van der Waals surface area contributed by atoms with Gasteiger partial charge in [0.15, 0.2) is 11.9 Å². The van der Waals surface area contributed by atoms with Crippen LogP contribution in [0.4, 0.5) is 17.6 Å². The maximum atomic E-state index is 13.6. The lowest BCUT2D eigenvalue weighted by Crippen LogP contribution is -2.33. The number of aliphatic hydroxyl groups excluding tert-OH is 3. The molecule has 0 aliphatic carbocycles. The first-order valence-electron chi connectivity index (χ1n) is 6.97. The first-order chi connectivity index (χ1) is 11.9. The summed E-state index contributed by atoms with van der Waals surface area (Å²) < 4.78 is 59.8. The lowest BCUT2D eigenvalue weighted by Gasteiger charge is -2.17. The molecular formula is C12H10Cl2F4N4O4. The molecule has 0 amide bonds. The molecule has 2 aromatic rings. The highest BCUT2D eigenvalue weighted by molar-refractivity contribution is 6.22. The molecule has 144 valence electrons. The minimum Gasteiger partial charge on any atom is -0.394 e. The molecule has 1 saturated heterocycles. The Morgan fingerprint density at radius 2 is 1.77 bits per heavy atom. The molecule has 1 fully saturated rings. The van der Waals surface area contributed by atoms with Crippen molar-refractivity contribution in [3.63, 3.8) is 0 Å². The molecule has 14 heteroatoms. The average Bonchev–Trinajstić information content (AvgIpc) is 3.07. The highest BCUT2D eigenvalue weighted by Gasteiger charge is 2.46. The fourth-order valence-corrected chi connectivity index (χ4v) is 2.77.